The molecule has 0 radical (unpaired) electrons. The predicted octanol–water partition coefficient (Wildman–Crippen LogP) is 20.2. The Morgan fingerprint density at radius 3 is 0.830 bits per heavy atom. The summed E-state index contributed by atoms with van der Waals surface area (Å²) in [4.78, 5) is 45.5. The highest BCUT2D eigenvalue weighted by Crippen LogP contribution is 2.33. The standard InChI is InChI=1S/C37H33F4NO3.C13H8F4O2.C13H9NO.C11H20O4/c38-33-24-32(22-23-36(33)45-37(39,40)41)29-16-20-31(21-17-29)35(44)9-7-5-3-1-2-4-6-8-34(43)30-18-14-28(15-19-30)27-12-10-26(25-42)11-13-27;14-11-7-9(8-1-4-10(18)5-2-8)3-6-12(11)19-13(15,16)17;14-9-10-1-3-11(4-2-10)12-5-7-13(15)8-6-12;12-10(13)8-6-4-2-1-3-5-7-9-11(14)15/h10-24H,1-9H2;1-7,18H;1-8,15H;1-9H2,(H,12,13)(H,14,15). The first-order valence-electron chi connectivity index (χ1n) is 30.3. The number of ether oxygens (including phenoxy) is 2. The summed E-state index contributed by atoms with van der Waals surface area (Å²) in [5, 5.41) is 52.6. The Labute approximate surface area is 539 Å². The first-order valence-corrected chi connectivity index (χ1v) is 30.3. The molecule has 0 heterocycles. The van der Waals surface area contributed by atoms with E-state index in [4.69, 9.17) is 30.9 Å². The summed E-state index contributed by atoms with van der Waals surface area (Å²) in [6, 6.07) is 52.2. The number of Topliss-reactive ketones (excluding diaryl/α,β-unsaturated/α-hetero) is 2. The van der Waals surface area contributed by atoms with Gasteiger partial charge in [-0.15, -0.1) is 26.3 Å². The van der Waals surface area contributed by atoms with E-state index in [1.54, 1.807) is 60.7 Å². The Balaban J connectivity index is 0.000000266. The summed E-state index contributed by atoms with van der Waals surface area (Å²) in [5.74, 6) is -5.02. The van der Waals surface area contributed by atoms with Gasteiger partial charge in [0, 0.05) is 36.8 Å². The number of aromatic hydroxyl groups is 2. The van der Waals surface area contributed by atoms with E-state index in [1.807, 2.05) is 60.7 Å². The largest absolute Gasteiger partial charge is 0.573 e. The topological polar surface area (TPSA) is 215 Å². The molecule has 20 heteroatoms. The van der Waals surface area contributed by atoms with Crippen molar-refractivity contribution in [2.75, 3.05) is 0 Å². The predicted molar refractivity (Wildman–Crippen MR) is 341 cm³/mol. The molecule has 492 valence electrons. The number of benzene rings is 8. The van der Waals surface area contributed by atoms with Crippen LogP contribution < -0.4 is 9.47 Å². The second kappa shape index (κ2) is 38.5. The van der Waals surface area contributed by atoms with Gasteiger partial charge in [-0.05, 0) is 143 Å². The molecule has 94 heavy (non-hydrogen) atoms. The van der Waals surface area contributed by atoms with Crippen LogP contribution in [0.1, 0.15) is 147 Å². The fourth-order valence-corrected chi connectivity index (χ4v) is 9.44. The van der Waals surface area contributed by atoms with Gasteiger partial charge in [-0.1, -0.05) is 173 Å². The van der Waals surface area contributed by atoms with E-state index in [2.05, 4.69) is 21.6 Å². The molecular weight excluding hydrogens is 1230 g/mol. The fraction of sp³-hybridized carbons (Fsp3) is 0.270. The lowest BCUT2D eigenvalue weighted by Gasteiger charge is -2.11. The minimum atomic E-state index is -4.97. The SMILES string of the molecule is N#Cc1ccc(-c2ccc(C(=O)CCCCCCCCCC(=O)c3ccc(-c4ccc(OC(F)(F)F)c(F)c4)cc3)cc2)cc1.N#Cc1ccc(-c2ccc(O)cc2)cc1.O=C(O)CCCCCCCCCC(=O)O.Oc1ccc(-c2ccc(OC(F)(F)F)c(F)c2)cc1. The van der Waals surface area contributed by atoms with Crippen LogP contribution in [0.2, 0.25) is 0 Å². The van der Waals surface area contributed by atoms with Gasteiger partial charge in [-0.25, -0.2) is 8.78 Å². The summed E-state index contributed by atoms with van der Waals surface area (Å²) in [6.45, 7) is 0. The van der Waals surface area contributed by atoms with Crippen LogP contribution in [0, 0.1) is 34.3 Å². The van der Waals surface area contributed by atoms with E-state index in [0.717, 1.165) is 136 Å². The Kier molecular flexibility index (Phi) is 30.5. The minimum absolute atomic E-state index is 0.00473. The van der Waals surface area contributed by atoms with Gasteiger partial charge in [0.25, 0.3) is 0 Å². The van der Waals surface area contributed by atoms with E-state index in [1.165, 1.54) is 36.4 Å². The number of nitriles is 2. The molecule has 0 aliphatic rings. The molecule has 0 fully saturated rings. The van der Waals surface area contributed by atoms with E-state index in [-0.39, 0.29) is 35.9 Å². The number of carboxylic acid groups (broad SMARTS) is 2. The first-order chi connectivity index (χ1) is 44.9. The van der Waals surface area contributed by atoms with Crippen LogP contribution in [0.4, 0.5) is 35.1 Å². The molecule has 0 atom stereocenters. The third kappa shape index (κ3) is 28.0. The van der Waals surface area contributed by atoms with Gasteiger partial charge in [-0.3, -0.25) is 19.2 Å². The maximum Gasteiger partial charge on any atom is 0.573 e. The Morgan fingerprint density at radius 1 is 0.340 bits per heavy atom. The van der Waals surface area contributed by atoms with Crippen molar-refractivity contribution in [3.63, 3.8) is 0 Å². The van der Waals surface area contributed by atoms with E-state index < -0.39 is 47.8 Å². The second-order valence-corrected chi connectivity index (χ2v) is 21.6. The quantitative estimate of drug-likeness (QED) is 0.0205. The van der Waals surface area contributed by atoms with E-state index in [0.29, 0.717) is 57.3 Å². The van der Waals surface area contributed by atoms with Crippen LogP contribution in [-0.4, -0.2) is 56.7 Å². The number of rotatable bonds is 28. The minimum Gasteiger partial charge on any atom is -0.508 e. The number of carboxylic acids is 2. The van der Waals surface area contributed by atoms with Crippen LogP contribution in [0.5, 0.6) is 23.0 Å². The molecule has 0 aliphatic heterocycles. The Morgan fingerprint density at radius 2 is 0.574 bits per heavy atom. The molecular formula is C74H70F8N2O10. The number of alkyl halides is 6. The zero-order chi connectivity index (χ0) is 68.5. The number of halogens is 8. The zero-order valence-electron chi connectivity index (χ0n) is 51.2. The van der Waals surface area contributed by atoms with Gasteiger partial charge in [0.05, 0.1) is 23.3 Å². The number of hydrogen-bond donors (Lipinski definition) is 4. The molecule has 8 aromatic rings. The van der Waals surface area contributed by atoms with Gasteiger partial charge in [0.2, 0.25) is 0 Å². The van der Waals surface area contributed by atoms with Crippen LogP contribution >= 0.6 is 0 Å². The van der Waals surface area contributed by atoms with Crippen molar-refractivity contribution in [3.8, 4) is 79.6 Å². The fourth-order valence-electron chi connectivity index (χ4n) is 9.44. The molecule has 0 amide bonds. The van der Waals surface area contributed by atoms with Crippen molar-refractivity contribution < 1.29 is 84.2 Å². The van der Waals surface area contributed by atoms with Crippen LogP contribution in [0.25, 0.3) is 44.5 Å². The van der Waals surface area contributed by atoms with Gasteiger partial charge in [-0.2, -0.15) is 10.5 Å². The van der Waals surface area contributed by atoms with Crippen molar-refractivity contribution in [3.05, 3.63) is 216 Å². The lowest BCUT2D eigenvalue weighted by molar-refractivity contribution is -0.276. The normalized spacial score (nSPS) is 10.8. The zero-order valence-corrected chi connectivity index (χ0v) is 51.2. The molecule has 4 N–H and O–H groups in total. The average molecular weight is 1300 g/mol. The third-order valence-electron chi connectivity index (χ3n) is 14.4. The smallest absolute Gasteiger partial charge is 0.508 e. The molecule has 8 aromatic carbocycles. The lowest BCUT2D eigenvalue weighted by atomic mass is 9.98. The Hall–Kier alpha value is -10.3. The molecule has 8 rings (SSSR count). The highest BCUT2D eigenvalue weighted by atomic mass is 19.4. The van der Waals surface area contributed by atoms with Crippen LogP contribution in [-0.2, 0) is 9.59 Å². The number of phenols is 2. The first kappa shape index (κ1) is 74.4. The molecule has 0 saturated carbocycles. The van der Waals surface area contributed by atoms with Crippen LogP contribution in [0.15, 0.2) is 182 Å². The number of carbonyl (C=O) groups is 4. The monoisotopic (exact) mass is 1300 g/mol. The maximum absolute atomic E-state index is 14.0. The number of ketones is 2. The Bertz CT molecular complexity index is 3730. The van der Waals surface area contributed by atoms with E-state index in [9.17, 15) is 54.3 Å². The van der Waals surface area contributed by atoms with Gasteiger partial charge in [0.1, 0.15) is 11.5 Å². The van der Waals surface area contributed by atoms with E-state index >= 15 is 0 Å². The molecule has 0 spiro atoms. The third-order valence-corrected chi connectivity index (χ3v) is 14.4. The second-order valence-electron chi connectivity index (χ2n) is 21.6. The summed E-state index contributed by atoms with van der Waals surface area (Å²) in [7, 11) is 0. The molecule has 0 bridgehead atoms. The number of unbranched alkanes of at least 4 members (excludes halogenated alkanes) is 12. The number of nitrogens with zero attached hydrogens (tertiary/aromatic N) is 2. The van der Waals surface area contributed by atoms with Crippen molar-refractivity contribution in [2.24, 2.45) is 0 Å². The van der Waals surface area contributed by atoms with Crippen LogP contribution in [0.3, 0.4) is 0 Å². The summed E-state index contributed by atoms with van der Waals surface area (Å²) < 4.78 is 108. The van der Waals surface area contributed by atoms with Crippen molar-refractivity contribution in [1.29, 1.82) is 10.5 Å². The lowest BCUT2D eigenvalue weighted by Crippen LogP contribution is -2.17. The number of hydrogen-bond acceptors (Lipinski definition) is 10. The van der Waals surface area contributed by atoms with Gasteiger partial charge in [0.15, 0.2) is 34.7 Å². The highest BCUT2D eigenvalue weighted by molar-refractivity contribution is 5.97. The molecule has 12 nitrogen and oxygen atoms in total. The van der Waals surface area contributed by atoms with Crippen molar-refractivity contribution in [2.45, 2.75) is 128 Å². The number of aliphatic carboxylic acids is 2. The molecule has 0 aromatic heterocycles. The summed E-state index contributed by atoms with van der Waals surface area (Å²) in [6.07, 6.45) is 4.77. The van der Waals surface area contributed by atoms with Crippen molar-refractivity contribution >= 4 is 23.5 Å². The molecule has 0 unspecified atom stereocenters. The summed E-state index contributed by atoms with van der Waals surface area (Å²) >= 11 is 0. The maximum atomic E-state index is 14.0. The number of phenolic OH excluding ortho intramolecular Hbond substituents is 2. The van der Waals surface area contributed by atoms with Crippen molar-refractivity contribution in [1.82, 2.24) is 0 Å². The highest BCUT2D eigenvalue weighted by Gasteiger charge is 2.33. The average Bonchev–Trinajstić information content (AvgIpc) is 0.964. The number of carbonyl (C=O) groups excluding carboxylic acids is 2. The molecule has 0 saturated heterocycles. The van der Waals surface area contributed by atoms with Gasteiger partial charge < -0.3 is 29.9 Å². The summed E-state index contributed by atoms with van der Waals surface area (Å²) in [5.41, 5.74) is 8.45. The van der Waals surface area contributed by atoms with Gasteiger partial charge >= 0.3 is 24.7 Å². The molecule has 0 aliphatic carbocycles.